The summed E-state index contributed by atoms with van der Waals surface area (Å²) in [5.74, 6) is 1.20. The topological polar surface area (TPSA) is 58.2 Å². The lowest BCUT2D eigenvalue weighted by Gasteiger charge is -2.17. The van der Waals surface area contributed by atoms with Gasteiger partial charge in [0.2, 0.25) is 10.0 Å². The number of hydrogen-bond donors (Lipinski definition) is 2. The van der Waals surface area contributed by atoms with Gasteiger partial charge in [0.1, 0.15) is 0 Å². The molecule has 114 valence electrons. The van der Waals surface area contributed by atoms with Gasteiger partial charge in [-0.1, -0.05) is 27.7 Å². The van der Waals surface area contributed by atoms with Gasteiger partial charge in [0.05, 0.1) is 4.90 Å². The van der Waals surface area contributed by atoms with Crippen molar-refractivity contribution in [1.82, 2.24) is 4.72 Å². The molecule has 0 aliphatic carbocycles. The monoisotopic (exact) mass is 298 g/mol. The van der Waals surface area contributed by atoms with Crippen LogP contribution in [0.4, 0.5) is 5.69 Å². The van der Waals surface area contributed by atoms with Crippen LogP contribution in [-0.2, 0) is 10.0 Å². The third kappa shape index (κ3) is 5.13. The van der Waals surface area contributed by atoms with Crippen LogP contribution in [-0.4, -0.2) is 21.5 Å². The van der Waals surface area contributed by atoms with E-state index in [2.05, 4.69) is 30.8 Å². The molecule has 0 amide bonds. The highest BCUT2D eigenvalue weighted by atomic mass is 32.2. The molecule has 0 bridgehead atoms. The molecule has 4 nitrogen and oxygen atoms in total. The number of benzene rings is 1. The summed E-state index contributed by atoms with van der Waals surface area (Å²) in [6, 6.07) is 6.90. The molecule has 1 unspecified atom stereocenters. The van der Waals surface area contributed by atoms with Gasteiger partial charge in [-0.25, -0.2) is 13.1 Å². The minimum Gasteiger partial charge on any atom is -0.385 e. The van der Waals surface area contributed by atoms with Gasteiger partial charge in [0, 0.05) is 18.8 Å². The summed E-state index contributed by atoms with van der Waals surface area (Å²) in [4.78, 5) is 0.313. The highest BCUT2D eigenvalue weighted by molar-refractivity contribution is 7.89. The third-order valence-electron chi connectivity index (χ3n) is 3.47. The van der Waals surface area contributed by atoms with Gasteiger partial charge in [-0.3, -0.25) is 0 Å². The summed E-state index contributed by atoms with van der Waals surface area (Å²) < 4.78 is 26.4. The van der Waals surface area contributed by atoms with Crippen LogP contribution in [0.1, 0.15) is 34.1 Å². The van der Waals surface area contributed by atoms with Gasteiger partial charge in [-0.15, -0.1) is 0 Å². The molecule has 0 aliphatic heterocycles. The Labute approximate surface area is 123 Å². The van der Waals surface area contributed by atoms with Crippen LogP contribution in [0, 0.1) is 11.8 Å². The molecule has 0 saturated heterocycles. The zero-order chi connectivity index (χ0) is 15.2. The summed E-state index contributed by atoms with van der Waals surface area (Å²) in [7, 11) is -3.36. The predicted octanol–water partition coefficient (Wildman–Crippen LogP) is 3.08. The van der Waals surface area contributed by atoms with Crippen LogP contribution >= 0.6 is 0 Å². The summed E-state index contributed by atoms with van der Waals surface area (Å²) in [6.07, 6.45) is 0.784. The molecule has 20 heavy (non-hydrogen) atoms. The quantitative estimate of drug-likeness (QED) is 0.775. The van der Waals surface area contributed by atoms with Crippen LogP contribution in [0.3, 0.4) is 0 Å². The van der Waals surface area contributed by atoms with E-state index in [9.17, 15) is 8.42 Å². The second-order valence-electron chi connectivity index (χ2n) is 5.52. The normalized spacial score (nSPS) is 13.4. The zero-order valence-corrected chi connectivity index (χ0v) is 13.6. The Morgan fingerprint density at radius 2 is 1.70 bits per heavy atom. The van der Waals surface area contributed by atoms with Gasteiger partial charge in [-0.2, -0.15) is 0 Å². The van der Waals surface area contributed by atoms with Crippen LogP contribution in [0.5, 0.6) is 0 Å². The maximum Gasteiger partial charge on any atom is 0.240 e. The number of sulfonamides is 1. The van der Waals surface area contributed by atoms with Crippen molar-refractivity contribution in [2.75, 3.05) is 18.4 Å². The summed E-state index contributed by atoms with van der Waals surface area (Å²) in [5, 5.41) is 3.33. The largest absolute Gasteiger partial charge is 0.385 e. The highest BCUT2D eigenvalue weighted by Gasteiger charge is 2.12. The summed E-state index contributed by atoms with van der Waals surface area (Å²) in [5.41, 5.74) is 0.951. The van der Waals surface area contributed by atoms with Gasteiger partial charge >= 0.3 is 0 Å². The fourth-order valence-electron chi connectivity index (χ4n) is 1.59. The Morgan fingerprint density at radius 3 is 2.20 bits per heavy atom. The number of hydrogen-bond acceptors (Lipinski definition) is 3. The van der Waals surface area contributed by atoms with E-state index >= 15 is 0 Å². The smallest absolute Gasteiger partial charge is 0.240 e. The van der Waals surface area contributed by atoms with Crippen LogP contribution in [0.2, 0.25) is 0 Å². The van der Waals surface area contributed by atoms with Crippen molar-refractivity contribution in [2.45, 2.75) is 39.0 Å². The molecule has 5 heteroatoms. The molecule has 2 N–H and O–H groups in total. The third-order valence-corrected chi connectivity index (χ3v) is 4.95. The maximum atomic E-state index is 11.9. The molecule has 0 saturated carbocycles. The fourth-order valence-corrected chi connectivity index (χ4v) is 2.72. The Bertz CT molecular complexity index is 495. The van der Waals surface area contributed by atoms with Crippen molar-refractivity contribution < 1.29 is 8.42 Å². The summed E-state index contributed by atoms with van der Waals surface area (Å²) >= 11 is 0. The first-order valence-electron chi connectivity index (χ1n) is 7.20. The van der Waals surface area contributed by atoms with Gasteiger partial charge < -0.3 is 5.32 Å². The lowest BCUT2D eigenvalue weighted by molar-refractivity contribution is 0.440. The van der Waals surface area contributed by atoms with E-state index in [1.807, 2.05) is 19.1 Å². The van der Waals surface area contributed by atoms with Gasteiger partial charge in [0.25, 0.3) is 0 Å². The van der Waals surface area contributed by atoms with Crippen molar-refractivity contribution in [2.24, 2.45) is 11.8 Å². The molecule has 1 atom stereocenters. The molecular weight excluding hydrogens is 272 g/mol. The van der Waals surface area contributed by atoms with E-state index in [0.717, 1.165) is 18.7 Å². The van der Waals surface area contributed by atoms with Crippen molar-refractivity contribution >= 4 is 15.7 Å². The first-order chi connectivity index (χ1) is 9.36. The highest BCUT2D eigenvalue weighted by Crippen LogP contribution is 2.16. The van der Waals surface area contributed by atoms with Crippen molar-refractivity contribution in [3.05, 3.63) is 24.3 Å². The van der Waals surface area contributed by atoms with Crippen LogP contribution in [0.15, 0.2) is 29.2 Å². The predicted molar refractivity (Wildman–Crippen MR) is 84.4 cm³/mol. The van der Waals surface area contributed by atoms with Gasteiger partial charge in [-0.05, 0) is 42.5 Å². The molecular formula is C15H26N2O2S. The Hall–Kier alpha value is -1.07. The number of nitrogens with one attached hydrogen (secondary N) is 2. The molecule has 1 aromatic carbocycles. The average Bonchev–Trinajstić information content (AvgIpc) is 2.43. The van der Waals surface area contributed by atoms with Crippen molar-refractivity contribution in [3.8, 4) is 0 Å². The first kappa shape index (κ1) is 17.0. The Kier molecular flexibility index (Phi) is 6.49. The summed E-state index contributed by atoms with van der Waals surface area (Å²) in [6.45, 7) is 9.88. The molecule has 0 fully saturated rings. The molecule has 0 heterocycles. The van der Waals surface area contributed by atoms with E-state index in [-0.39, 0.29) is 0 Å². The SMILES string of the molecule is CCCNS(=O)(=O)c1ccc(NCC(C)C(C)C)cc1. The maximum absolute atomic E-state index is 11.9. The molecule has 1 rings (SSSR count). The van der Waals surface area contributed by atoms with E-state index in [0.29, 0.717) is 23.3 Å². The number of rotatable bonds is 8. The van der Waals surface area contributed by atoms with E-state index < -0.39 is 10.0 Å². The molecule has 1 aromatic rings. The minimum atomic E-state index is -3.36. The number of anilines is 1. The lowest BCUT2D eigenvalue weighted by Crippen LogP contribution is -2.24. The van der Waals surface area contributed by atoms with Crippen LogP contribution < -0.4 is 10.0 Å². The van der Waals surface area contributed by atoms with Crippen LogP contribution in [0.25, 0.3) is 0 Å². The molecule has 0 aromatic heterocycles. The van der Waals surface area contributed by atoms with E-state index in [4.69, 9.17) is 0 Å². The molecule has 0 radical (unpaired) electrons. The zero-order valence-electron chi connectivity index (χ0n) is 12.8. The lowest BCUT2D eigenvalue weighted by atomic mass is 9.98. The standard InChI is InChI=1S/C15H26N2O2S/c1-5-10-17-20(18,19)15-8-6-14(7-9-15)16-11-13(4)12(2)3/h6-9,12-13,16-17H,5,10-11H2,1-4H3. The fraction of sp³-hybridized carbons (Fsp3) is 0.600. The second kappa shape index (κ2) is 7.64. The Balaban J connectivity index is 2.65. The average molecular weight is 298 g/mol. The second-order valence-corrected chi connectivity index (χ2v) is 7.29. The van der Waals surface area contributed by atoms with Crippen molar-refractivity contribution in [3.63, 3.8) is 0 Å². The first-order valence-corrected chi connectivity index (χ1v) is 8.68. The molecule has 0 aliphatic rings. The van der Waals surface area contributed by atoms with E-state index in [1.54, 1.807) is 12.1 Å². The van der Waals surface area contributed by atoms with Crippen molar-refractivity contribution in [1.29, 1.82) is 0 Å². The van der Waals surface area contributed by atoms with E-state index in [1.165, 1.54) is 0 Å². The molecule has 0 spiro atoms. The Morgan fingerprint density at radius 1 is 1.10 bits per heavy atom. The van der Waals surface area contributed by atoms with Gasteiger partial charge in [0.15, 0.2) is 0 Å². The minimum absolute atomic E-state index is 0.313.